The van der Waals surface area contributed by atoms with E-state index >= 15 is 0 Å². The van der Waals surface area contributed by atoms with Crippen LogP contribution in [0.5, 0.6) is 5.75 Å². The molecule has 1 atom stereocenters. The Morgan fingerprint density at radius 2 is 1.65 bits per heavy atom. The van der Waals surface area contributed by atoms with Crippen LogP contribution in [-0.2, 0) is 9.63 Å². The third-order valence-corrected chi connectivity index (χ3v) is 4.84. The smallest absolute Gasteiger partial charge is 0.268 e. The fourth-order valence-electron chi connectivity index (χ4n) is 3.19. The number of nitrogens with zero attached hydrogens (tertiary/aromatic N) is 1. The third-order valence-electron chi connectivity index (χ3n) is 4.84. The number of ether oxygens (including phenoxy) is 1. The van der Waals surface area contributed by atoms with Crippen LogP contribution in [0.4, 0.5) is 11.4 Å². The van der Waals surface area contributed by atoms with Crippen molar-refractivity contribution in [2.24, 2.45) is 5.16 Å². The van der Waals surface area contributed by atoms with E-state index in [1.165, 1.54) is 0 Å². The highest BCUT2D eigenvalue weighted by atomic mass is 16.6. The molecule has 1 heterocycles. The minimum Gasteiger partial charge on any atom is -0.495 e. The zero-order valence-corrected chi connectivity index (χ0v) is 16.9. The van der Waals surface area contributed by atoms with Crippen molar-refractivity contribution in [2.45, 2.75) is 12.5 Å². The van der Waals surface area contributed by atoms with Gasteiger partial charge in [0.25, 0.3) is 11.8 Å². The minimum atomic E-state index is -0.691. The van der Waals surface area contributed by atoms with Gasteiger partial charge in [0.2, 0.25) is 6.10 Å². The first-order chi connectivity index (χ1) is 15.1. The fraction of sp³-hybridized carbons (Fsp3) is 0.125. The third kappa shape index (κ3) is 4.72. The predicted molar refractivity (Wildman–Crippen MR) is 118 cm³/mol. The van der Waals surface area contributed by atoms with Gasteiger partial charge in [0.05, 0.1) is 18.5 Å². The number of nitrogens with one attached hydrogen (secondary N) is 2. The molecule has 1 unspecified atom stereocenters. The number of amides is 2. The monoisotopic (exact) mass is 415 g/mol. The van der Waals surface area contributed by atoms with Crippen molar-refractivity contribution in [3.8, 4) is 5.75 Å². The second-order valence-corrected chi connectivity index (χ2v) is 6.92. The number of rotatable bonds is 6. The van der Waals surface area contributed by atoms with Crippen LogP contribution < -0.4 is 15.4 Å². The Kier molecular flexibility index (Phi) is 5.93. The normalized spacial score (nSPS) is 14.9. The second kappa shape index (κ2) is 9.13. The molecule has 3 aromatic rings. The van der Waals surface area contributed by atoms with Crippen LogP contribution >= 0.6 is 0 Å². The molecular formula is C24H21N3O4. The van der Waals surface area contributed by atoms with Crippen LogP contribution in [-0.4, -0.2) is 30.7 Å². The van der Waals surface area contributed by atoms with Gasteiger partial charge in [-0.25, -0.2) is 0 Å². The molecule has 2 amide bonds. The average Bonchev–Trinajstić information content (AvgIpc) is 3.31. The SMILES string of the molecule is COc1ccccc1NC(=O)c1ccc(NC(=O)C2CC(c3ccccc3)=NO2)cc1. The van der Waals surface area contributed by atoms with Crippen molar-refractivity contribution in [1.82, 2.24) is 0 Å². The minimum absolute atomic E-state index is 0.276. The van der Waals surface area contributed by atoms with Crippen molar-refractivity contribution >= 4 is 28.9 Å². The summed E-state index contributed by atoms with van der Waals surface area (Å²) in [5.74, 6) is 0.0108. The Balaban J connectivity index is 1.34. The molecule has 0 spiro atoms. The largest absolute Gasteiger partial charge is 0.495 e. The van der Waals surface area contributed by atoms with E-state index in [1.54, 1.807) is 43.5 Å². The summed E-state index contributed by atoms with van der Waals surface area (Å²) in [6, 6.07) is 23.4. The van der Waals surface area contributed by atoms with Gasteiger partial charge in [0, 0.05) is 17.7 Å². The van der Waals surface area contributed by atoms with Crippen LogP contribution in [0.1, 0.15) is 22.3 Å². The number of oxime groups is 1. The van der Waals surface area contributed by atoms with E-state index < -0.39 is 6.10 Å². The molecule has 0 aliphatic carbocycles. The number of benzene rings is 3. The maximum absolute atomic E-state index is 12.5. The summed E-state index contributed by atoms with van der Waals surface area (Å²) in [7, 11) is 1.55. The van der Waals surface area contributed by atoms with Crippen molar-refractivity contribution in [2.75, 3.05) is 17.7 Å². The molecule has 1 aliphatic rings. The lowest BCUT2D eigenvalue weighted by atomic mass is 10.0. The molecule has 156 valence electrons. The number of carbonyl (C=O) groups excluding carboxylic acids is 2. The van der Waals surface area contributed by atoms with E-state index in [-0.39, 0.29) is 11.8 Å². The van der Waals surface area contributed by atoms with Crippen LogP contribution in [0.2, 0.25) is 0 Å². The summed E-state index contributed by atoms with van der Waals surface area (Å²) in [5, 5.41) is 9.65. The van der Waals surface area contributed by atoms with Gasteiger partial charge in [0.15, 0.2) is 0 Å². The van der Waals surface area contributed by atoms with Crippen molar-refractivity contribution in [1.29, 1.82) is 0 Å². The lowest BCUT2D eigenvalue weighted by molar-refractivity contribution is -0.125. The van der Waals surface area contributed by atoms with Gasteiger partial charge in [-0.3, -0.25) is 9.59 Å². The lowest BCUT2D eigenvalue weighted by Gasteiger charge is -2.11. The van der Waals surface area contributed by atoms with E-state index in [1.807, 2.05) is 42.5 Å². The van der Waals surface area contributed by atoms with Gasteiger partial charge in [-0.2, -0.15) is 0 Å². The van der Waals surface area contributed by atoms with Crippen molar-refractivity contribution in [3.63, 3.8) is 0 Å². The van der Waals surface area contributed by atoms with Gasteiger partial charge in [-0.1, -0.05) is 47.6 Å². The number of para-hydroxylation sites is 2. The highest BCUT2D eigenvalue weighted by Gasteiger charge is 2.28. The molecule has 7 nitrogen and oxygen atoms in total. The quantitative estimate of drug-likeness (QED) is 0.635. The first-order valence-electron chi connectivity index (χ1n) is 9.77. The highest BCUT2D eigenvalue weighted by molar-refractivity contribution is 6.07. The maximum atomic E-state index is 12.5. The van der Waals surface area contributed by atoms with Crippen LogP contribution in [0.15, 0.2) is 84.0 Å². The number of methoxy groups -OCH3 is 1. The van der Waals surface area contributed by atoms with Gasteiger partial charge < -0.3 is 20.2 Å². The molecule has 4 rings (SSSR count). The molecule has 0 saturated heterocycles. The zero-order valence-electron chi connectivity index (χ0n) is 16.9. The summed E-state index contributed by atoms with van der Waals surface area (Å²) < 4.78 is 5.25. The average molecular weight is 415 g/mol. The Labute approximate surface area is 179 Å². The zero-order chi connectivity index (χ0) is 21.6. The molecule has 7 heteroatoms. The Morgan fingerprint density at radius 3 is 2.39 bits per heavy atom. The van der Waals surface area contributed by atoms with Crippen LogP contribution in [0.3, 0.4) is 0 Å². The Bertz CT molecular complexity index is 1110. The van der Waals surface area contributed by atoms with Crippen molar-refractivity contribution < 1.29 is 19.2 Å². The molecule has 3 aromatic carbocycles. The fourth-order valence-corrected chi connectivity index (χ4v) is 3.19. The summed E-state index contributed by atoms with van der Waals surface area (Å²) >= 11 is 0. The maximum Gasteiger partial charge on any atom is 0.268 e. The Hall–Kier alpha value is -4.13. The highest BCUT2D eigenvalue weighted by Crippen LogP contribution is 2.24. The molecule has 0 aromatic heterocycles. The standard InChI is InChI=1S/C24H21N3O4/c1-30-21-10-6-5-9-19(21)26-23(28)17-11-13-18(14-12-17)25-24(29)22-15-20(27-31-22)16-7-3-2-4-8-16/h2-14,22H,15H2,1H3,(H,25,29)(H,26,28). The molecule has 0 bridgehead atoms. The number of carbonyl (C=O) groups is 2. The first-order valence-corrected chi connectivity index (χ1v) is 9.77. The summed E-state index contributed by atoms with van der Waals surface area (Å²) in [6.45, 7) is 0. The summed E-state index contributed by atoms with van der Waals surface area (Å²) in [4.78, 5) is 30.3. The van der Waals surface area contributed by atoms with E-state index in [0.717, 1.165) is 11.3 Å². The molecule has 0 saturated carbocycles. The Morgan fingerprint density at radius 1 is 0.935 bits per heavy atom. The molecule has 0 fully saturated rings. The van der Waals surface area contributed by atoms with E-state index in [4.69, 9.17) is 9.57 Å². The van der Waals surface area contributed by atoms with Gasteiger partial charge in [0.1, 0.15) is 5.75 Å². The van der Waals surface area contributed by atoms with E-state index in [0.29, 0.717) is 29.1 Å². The molecule has 1 aliphatic heterocycles. The van der Waals surface area contributed by atoms with Crippen LogP contribution in [0.25, 0.3) is 0 Å². The summed E-state index contributed by atoms with van der Waals surface area (Å²) in [6.07, 6.45) is -0.293. The number of hydrogen-bond acceptors (Lipinski definition) is 5. The topological polar surface area (TPSA) is 89.0 Å². The van der Waals surface area contributed by atoms with Crippen molar-refractivity contribution in [3.05, 3.63) is 90.0 Å². The molecule has 31 heavy (non-hydrogen) atoms. The number of anilines is 2. The first kappa shape index (κ1) is 20.2. The lowest BCUT2D eigenvalue weighted by Crippen LogP contribution is -2.28. The second-order valence-electron chi connectivity index (χ2n) is 6.92. The van der Waals surface area contributed by atoms with Gasteiger partial charge in [-0.15, -0.1) is 0 Å². The van der Waals surface area contributed by atoms with Gasteiger partial charge in [-0.05, 0) is 42.0 Å². The van der Waals surface area contributed by atoms with Gasteiger partial charge >= 0.3 is 0 Å². The van der Waals surface area contributed by atoms with E-state index in [9.17, 15) is 9.59 Å². The number of hydrogen-bond donors (Lipinski definition) is 2. The predicted octanol–water partition coefficient (Wildman–Crippen LogP) is 4.08. The molecule has 2 N–H and O–H groups in total. The van der Waals surface area contributed by atoms with E-state index in [2.05, 4.69) is 15.8 Å². The van der Waals surface area contributed by atoms with Crippen LogP contribution in [0, 0.1) is 0 Å². The molecular weight excluding hydrogens is 394 g/mol. The summed E-state index contributed by atoms with van der Waals surface area (Å²) in [5.41, 5.74) is 3.28. The molecule has 0 radical (unpaired) electrons.